The SMILES string of the molecule is O=C(Nc1cn[nH]c1Cc1cc(Cl)ccc1C1CC1)c1cnn2cccnc12. The molecule has 2 N–H and O–H groups in total. The van der Waals surface area contributed by atoms with Gasteiger partial charge in [0.1, 0.15) is 5.56 Å². The summed E-state index contributed by atoms with van der Waals surface area (Å²) < 4.78 is 1.57. The fraction of sp³-hybridized carbons (Fsp3) is 0.200. The zero-order valence-corrected chi connectivity index (χ0v) is 15.6. The van der Waals surface area contributed by atoms with Crippen LogP contribution in [-0.2, 0) is 6.42 Å². The minimum atomic E-state index is -0.273. The molecule has 3 heterocycles. The van der Waals surface area contributed by atoms with Crippen LogP contribution in [-0.4, -0.2) is 30.7 Å². The predicted octanol–water partition coefficient (Wildman–Crippen LogP) is 3.83. The molecule has 1 aliphatic carbocycles. The van der Waals surface area contributed by atoms with E-state index in [9.17, 15) is 4.79 Å². The van der Waals surface area contributed by atoms with Crippen LogP contribution in [0.5, 0.6) is 0 Å². The number of fused-ring (bicyclic) bond motifs is 1. The van der Waals surface area contributed by atoms with Gasteiger partial charge < -0.3 is 5.32 Å². The van der Waals surface area contributed by atoms with Gasteiger partial charge in [0.15, 0.2) is 5.65 Å². The first-order chi connectivity index (χ1) is 13.7. The van der Waals surface area contributed by atoms with E-state index >= 15 is 0 Å². The monoisotopic (exact) mass is 392 g/mol. The number of aromatic nitrogens is 5. The lowest BCUT2D eigenvalue weighted by atomic mass is 9.99. The Bertz CT molecular complexity index is 1180. The first-order valence-corrected chi connectivity index (χ1v) is 9.47. The van der Waals surface area contributed by atoms with Gasteiger partial charge in [0.2, 0.25) is 0 Å². The average molecular weight is 393 g/mol. The highest BCUT2D eigenvalue weighted by atomic mass is 35.5. The molecule has 28 heavy (non-hydrogen) atoms. The van der Waals surface area contributed by atoms with E-state index in [0.29, 0.717) is 34.3 Å². The summed E-state index contributed by atoms with van der Waals surface area (Å²) in [5.41, 5.74) is 4.88. The lowest BCUT2D eigenvalue weighted by molar-refractivity contribution is 0.102. The molecule has 1 aliphatic rings. The lowest BCUT2D eigenvalue weighted by Crippen LogP contribution is -2.13. The Morgan fingerprint density at radius 2 is 2.21 bits per heavy atom. The molecule has 8 heteroatoms. The van der Waals surface area contributed by atoms with E-state index in [0.717, 1.165) is 11.3 Å². The zero-order valence-electron chi connectivity index (χ0n) is 14.9. The number of H-pyrrole nitrogens is 1. The van der Waals surface area contributed by atoms with Crippen LogP contribution in [0.2, 0.25) is 5.02 Å². The van der Waals surface area contributed by atoms with E-state index in [1.165, 1.54) is 24.6 Å². The van der Waals surface area contributed by atoms with Gasteiger partial charge in [-0.05, 0) is 48.1 Å². The summed E-state index contributed by atoms with van der Waals surface area (Å²) in [6.45, 7) is 0. The maximum absolute atomic E-state index is 12.8. The topological polar surface area (TPSA) is 88.0 Å². The third-order valence-corrected chi connectivity index (χ3v) is 5.21. The molecular weight excluding hydrogens is 376 g/mol. The highest BCUT2D eigenvalue weighted by Crippen LogP contribution is 2.42. The van der Waals surface area contributed by atoms with Gasteiger partial charge in [-0.3, -0.25) is 9.89 Å². The minimum absolute atomic E-state index is 0.273. The number of aromatic amines is 1. The van der Waals surface area contributed by atoms with E-state index in [-0.39, 0.29) is 5.91 Å². The average Bonchev–Trinajstić information content (AvgIpc) is 3.29. The molecule has 1 fully saturated rings. The molecule has 1 amide bonds. The number of carbonyl (C=O) groups excluding carboxylic acids is 1. The highest BCUT2D eigenvalue weighted by molar-refractivity contribution is 6.30. The number of nitrogens with one attached hydrogen (secondary N) is 2. The number of nitrogens with zero attached hydrogens (tertiary/aromatic N) is 4. The molecule has 0 aliphatic heterocycles. The number of benzene rings is 1. The van der Waals surface area contributed by atoms with Crippen molar-refractivity contribution in [1.29, 1.82) is 0 Å². The Morgan fingerprint density at radius 1 is 1.32 bits per heavy atom. The van der Waals surface area contributed by atoms with E-state index in [1.807, 2.05) is 12.1 Å². The van der Waals surface area contributed by atoms with Crippen LogP contribution in [0, 0.1) is 0 Å². The van der Waals surface area contributed by atoms with Crippen LogP contribution < -0.4 is 5.32 Å². The van der Waals surface area contributed by atoms with Crippen molar-refractivity contribution in [1.82, 2.24) is 24.8 Å². The molecule has 1 saturated carbocycles. The van der Waals surface area contributed by atoms with Crippen molar-refractivity contribution in [2.24, 2.45) is 0 Å². The number of amides is 1. The number of halogens is 1. The van der Waals surface area contributed by atoms with E-state index in [2.05, 4.69) is 31.7 Å². The molecule has 140 valence electrons. The normalized spacial score (nSPS) is 13.8. The van der Waals surface area contributed by atoms with Crippen molar-refractivity contribution >= 4 is 28.8 Å². The van der Waals surface area contributed by atoms with Crippen LogP contribution in [0.3, 0.4) is 0 Å². The molecule has 1 aromatic carbocycles. The second-order valence-corrected chi connectivity index (χ2v) is 7.39. The molecule has 3 aromatic heterocycles. The maximum Gasteiger partial charge on any atom is 0.261 e. The van der Waals surface area contributed by atoms with E-state index in [1.54, 1.807) is 29.2 Å². The lowest BCUT2D eigenvalue weighted by Gasteiger charge is -2.10. The van der Waals surface area contributed by atoms with Crippen LogP contribution in [0.25, 0.3) is 5.65 Å². The van der Waals surface area contributed by atoms with Crippen molar-refractivity contribution < 1.29 is 4.79 Å². The molecule has 0 atom stereocenters. The largest absolute Gasteiger partial charge is 0.319 e. The first-order valence-electron chi connectivity index (χ1n) is 9.09. The van der Waals surface area contributed by atoms with Crippen LogP contribution in [0.4, 0.5) is 5.69 Å². The predicted molar refractivity (Wildman–Crippen MR) is 106 cm³/mol. The number of anilines is 1. The molecule has 0 spiro atoms. The Morgan fingerprint density at radius 3 is 3.07 bits per heavy atom. The molecule has 5 rings (SSSR count). The second-order valence-electron chi connectivity index (χ2n) is 6.96. The molecule has 0 bridgehead atoms. The molecule has 7 nitrogen and oxygen atoms in total. The summed E-state index contributed by atoms with van der Waals surface area (Å²) >= 11 is 6.22. The van der Waals surface area contributed by atoms with Crippen LogP contribution >= 0.6 is 11.6 Å². The van der Waals surface area contributed by atoms with Gasteiger partial charge in [-0.2, -0.15) is 10.2 Å². The summed E-state index contributed by atoms with van der Waals surface area (Å²) in [4.78, 5) is 17.0. The van der Waals surface area contributed by atoms with Gasteiger partial charge in [0.05, 0.1) is 23.8 Å². The van der Waals surface area contributed by atoms with Crippen molar-refractivity contribution in [3.05, 3.63) is 76.5 Å². The van der Waals surface area contributed by atoms with Gasteiger partial charge in [0.25, 0.3) is 5.91 Å². The van der Waals surface area contributed by atoms with Crippen LogP contribution in [0.15, 0.2) is 49.1 Å². The summed E-state index contributed by atoms with van der Waals surface area (Å²) in [5.74, 6) is 0.336. The molecule has 4 aromatic rings. The summed E-state index contributed by atoms with van der Waals surface area (Å²) in [5, 5.41) is 14.9. The second kappa shape index (κ2) is 6.76. The molecular formula is C20H17ClN6O. The number of rotatable bonds is 5. The Hall–Kier alpha value is -3.19. The van der Waals surface area contributed by atoms with Gasteiger partial charge in [-0.15, -0.1) is 0 Å². The first kappa shape index (κ1) is 16.9. The van der Waals surface area contributed by atoms with Crippen molar-refractivity contribution in [2.75, 3.05) is 5.32 Å². The van der Waals surface area contributed by atoms with Crippen molar-refractivity contribution in [2.45, 2.75) is 25.2 Å². The van der Waals surface area contributed by atoms with E-state index in [4.69, 9.17) is 11.6 Å². The fourth-order valence-corrected chi connectivity index (χ4v) is 3.64. The Balaban J connectivity index is 1.41. The quantitative estimate of drug-likeness (QED) is 0.540. The van der Waals surface area contributed by atoms with Gasteiger partial charge in [-0.1, -0.05) is 17.7 Å². The molecule has 0 saturated heterocycles. The van der Waals surface area contributed by atoms with Gasteiger partial charge in [0, 0.05) is 23.8 Å². The summed E-state index contributed by atoms with van der Waals surface area (Å²) in [6.07, 6.45) is 9.56. The minimum Gasteiger partial charge on any atom is -0.319 e. The van der Waals surface area contributed by atoms with Crippen LogP contribution in [0.1, 0.15) is 45.9 Å². The number of hydrogen-bond acceptors (Lipinski definition) is 4. The molecule has 0 unspecified atom stereocenters. The van der Waals surface area contributed by atoms with Gasteiger partial charge >= 0.3 is 0 Å². The van der Waals surface area contributed by atoms with Crippen molar-refractivity contribution in [3.63, 3.8) is 0 Å². The fourth-order valence-electron chi connectivity index (χ4n) is 3.44. The maximum atomic E-state index is 12.8. The summed E-state index contributed by atoms with van der Waals surface area (Å²) in [7, 11) is 0. The third kappa shape index (κ3) is 3.14. The smallest absolute Gasteiger partial charge is 0.261 e. The Labute approximate surface area is 165 Å². The number of carbonyl (C=O) groups is 1. The third-order valence-electron chi connectivity index (χ3n) is 4.98. The molecule has 0 radical (unpaired) electrons. The zero-order chi connectivity index (χ0) is 19.1. The van der Waals surface area contributed by atoms with Crippen molar-refractivity contribution in [3.8, 4) is 0 Å². The standard InChI is InChI=1S/C20H17ClN6O/c21-14-4-5-15(12-2-3-12)13(8-14)9-17-18(11-23-26-17)25-20(28)16-10-24-27-7-1-6-22-19(16)27/h1,4-8,10-12H,2-3,9H2,(H,23,26)(H,25,28). The Kier molecular flexibility index (Phi) is 4.09. The highest BCUT2D eigenvalue weighted by Gasteiger charge is 2.26. The van der Waals surface area contributed by atoms with Gasteiger partial charge in [-0.25, -0.2) is 9.50 Å². The summed E-state index contributed by atoms with van der Waals surface area (Å²) in [6, 6.07) is 7.80. The number of hydrogen-bond donors (Lipinski definition) is 2. The van der Waals surface area contributed by atoms with E-state index < -0.39 is 0 Å².